The van der Waals surface area contributed by atoms with Crippen molar-refractivity contribution in [2.24, 2.45) is 5.92 Å². The normalized spacial score (nSPS) is 15.8. The predicted molar refractivity (Wildman–Crippen MR) is 57.0 cm³/mol. The smallest absolute Gasteiger partial charge is 0.233 e. The van der Waals surface area contributed by atoms with Gasteiger partial charge in [-0.2, -0.15) is 11.8 Å². The molecule has 0 unspecified atom stereocenters. The molecule has 1 amide bonds. The number of carbonyl (C=O) groups is 1. The largest absolute Gasteiger partial charge is 0.354 e. The summed E-state index contributed by atoms with van der Waals surface area (Å²) >= 11 is 1.75. The van der Waals surface area contributed by atoms with Gasteiger partial charge in [-0.05, 0) is 31.6 Å². The van der Waals surface area contributed by atoms with Crippen molar-refractivity contribution in [1.82, 2.24) is 10.6 Å². The molecule has 1 saturated carbocycles. The maximum absolute atomic E-state index is 11.1. The number of thioether (sulfide) groups is 1. The topological polar surface area (TPSA) is 41.1 Å². The molecule has 3 nitrogen and oxygen atoms in total. The number of amides is 1. The summed E-state index contributed by atoms with van der Waals surface area (Å²) in [6, 6.07) is 0. The van der Waals surface area contributed by atoms with E-state index in [4.69, 9.17) is 0 Å². The zero-order valence-corrected chi connectivity index (χ0v) is 8.95. The third-order valence-corrected chi connectivity index (χ3v) is 2.66. The molecular formula is C9H18N2OS. The van der Waals surface area contributed by atoms with Crippen LogP contribution in [0.25, 0.3) is 0 Å². The summed E-state index contributed by atoms with van der Waals surface area (Å²) in [5.74, 6) is 1.96. The standard InChI is InChI=1S/C9H18N2OS/c1-13-5-4-11-9(12)7-10-6-8-2-3-8/h8,10H,2-7H2,1H3,(H,11,12). The van der Waals surface area contributed by atoms with Crippen molar-refractivity contribution in [3.8, 4) is 0 Å². The van der Waals surface area contributed by atoms with Crippen LogP contribution in [-0.4, -0.2) is 37.6 Å². The molecular weight excluding hydrogens is 184 g/mol. The van der Waals surface area contributed by atoms with Crippen LogP contribution in [0.1, 0.15) is 12.8 Å². The molecule has 0 aromatic carbocycles. The molecule has 0 heterocycles. The minimum absolute atomic E-state index is 0.120. The molecule has 0 bridgehead atoms. The molecule has 0 saturated heterocycles. The van der Waals surface area contributed by atoms with Crippen molar-refractivity contribution in [2.45, 2.75) is 12.8 Å². The maximum Gasteiger partial charge on any atom is 0.233 e. The first-order valence-electron chi connectivity index (χ1n) is 4.79. The molecule has 4 heteroatoms. The Morgan fingerprint density at radius 3 is 2.92 bits per heavy atom. The molecule has 0 aromatic heterocycles. The minimum Gasteiger partial charge on any atom is -0.354 e. The summed E-state index contributed by atoms with van der Waals surface area (Å²) in [6.07, 6.45) is 4.71. The SMILES string of the molecule is CSCCNC(=O)CNCC1CC1. The molecule has 76 valence electrons. The lowest BCUT2D eigenvalue weighted by atomic mass is 10.4. The van der Waals surface area contributed by atoms with E-state index in [0.29, 0.717) is 6.54 Å². The Morgan fingerprint density at radius 1 is 1.54 bits per heavy atom. The van der Waals surface area contributed by atoms with Crippen molar-refractivity contribution in [3.63, 3.8) is 0 Å². The summed E-state index contributed by atoms with van der Waals surface area (Å²) < 4.78 is 0. The average Bonchev–Trinajstić information content (AvgIpc) is 2.89. The van der Waals surface area contributed by atoms with E-state index in [1.807, 2.05) is 6.26 Å². The summed E-state index contributed by atoms with van der Waals surface area (Å²) in [7, 11) is 0. The van der Waals surface area contributed by atoms with Gasteiger partial charge in [-0.15, -0.1) is 0 Å². The Bertz CT molecular complexity index is 160. The first kappa shape index (κ1) is 10.9. The summed E-state index contributed by atoms with van der Waals surface area (Å²) in [6.45, 7) is 2.27. The van der Waals surface area contributed by atoms with E-state index in [-0.39, 0.29) is 5.91 Å². The first-order valence-corrected chi connectivity index (χ1v) is 6.18. The van der Waals surface area contributed by atoms with Crippen molar-refractivity contribution < 1.29 is 4.79 Å². The molecule has 1 fully saturated rings. The van der Waals surface area contributed by atoms with E-state index in [0.717, 1.165) is 24.8 Å². The molecule has 0 aliphatic heterocycles. The number of rotatable bonds is 7. The van der Waals surface area contributed by atoms with Gasteiger partial charge >= 0.3 is 0 Å². The van der Waals surface area contributed by atoms with Gasteiger partial charge in [0.2, 0.25) is 5.91 Å². The second kappa shape index (κ2) is 6.27. The highest BCUT2D eigenvalue weighted by atomic mass is 32.2. The number of hydrogen-bond acceptors (Lipinski definition) is 3. The van der Waals surface area contributed by atoms with E-state index in [1.165, 1.54) is 12.8 Å². The summed E-state index contributed by atoms with van der Waals surface area (Å²) in [5, 5.41) is 6.01. The Balaban J connectivity index is 1.84. The molecule has 0 aromatic rings. The quantitative estimate of drug-likeness (QED) is 0.590. The molecule has 0 atom stereocenters. The Hall–Kier alpha value is -0.220. The van der Waals surface area contributed by atoms with Crippen LogP contribution in [0.5, 0.6) is 0 Å². The molecule has 0 radical (unpaired) electrons. The zero-order chi connectivity index (χ0) is 9.52. The maximum atomic E-state index is 11.1. The van der Waals surface area contributed by atoms with E-state index in [9.17, 15) is 4.79 Å². The molecule has 1 aliphatic carbocycles. The molecule has 0 spiro atoms. The van der Waals surface area contributed by atoms with Gasteiger partial charge in [-0.1, -0.05) is 0 Å². The van der Waals surface area contributed by atoms with Crippen LogP contribution in [0.2, 0.25) is 0 Å². The highest BCUT2D eigenvalue weighted by Gasteiger charge is 2.20. The highest BCUT2D eigenvalue weighted by Crippen LogP contribution is 2.27. The van der Waals surface area contributed by atoms with Gasteiger partial charge in [0.1, 0.15) is 0 Å². The lowest BCUT2D eigenvalue weighted by Gasteiger charge is -2.04. The van der Waals surface area contributed by atoms with Crippen molar-refractivity contribution in [1.29, 1.82) is 0 Å². The number of hydrogen-bond donors (Lipinski definition) is 2. The van der Waals surface area contributed by atoms with Crippen molar-refractivity contribution in [3.05, 3.63) is 0 Å². The van der Waals surface area contributed by atoms with Crippen LogP contribution in [0.15, 0.2) is 0 Å². The lowest BCUT2D eigenvalue weighted by Crippen LogP contribution is -2.35. The Kier molecular flexibility index (Phi) is 5.23. The molecule has 1 rings (SSSR count). The first-order chi connectivity index (χ1) is 6.33. The van der Waals surface area contributed by atoms with E-state index in [2.05, 4.69) is 10.6 Å². The van der Waals surface area contributed by atoms with Crippen molar-refractivity contribution in [2.75, 3.05) is 31.6 Å². The van der Waals surface area contributed by atoms with E-state index < -0.39 is 0 Å². The van der Waals surface area contributed by atoms with Crippen LogP contribution in [0, 0.1) is 5.92 Å². The fourth-order valence-electron chi connectivity index (χ4n) is 1.07. The minimum atomic E-state index is 0.120. The summed E-state index contributed by atoms with van der Waals surface area (Å²) in [4.78, 5) is 11.1. The van der Waals surface area contributed by atoms with Gasteiger partial charge in [-0.25, -0.2) is 0 Å². The Morgan fingerprint density at radius 2 is 2.31 bits per heavy atom. The third kappa shape index (κ3) is 5.93. The third-order valence-electron chi connectivity index (χ3n) is 2.04. The van der Waals surface area contributed by atoms with Crippen LogP contribution >= 0.6 is 11.8 Å². The number of nitrogens with one attached hydrogen (secondary N) is 2. The molecule has 2 N–H and O–H groups in total. The number of carbonyl (C=O) groups excluding carboxylic acids is 1. The average molecular weight is 202 g/mol. The van der Waals surface area contributed by atoms with Crippen molar-refractivity contribution >= 4 is 17.7 Å². The highest BCUT2D eigenvalue weighted by molar-refractivity contribution is 7.98. The van der Waals surface area contributed by atoms with Gasteiger partial charge in [-0.3, -0.25) is 4.79 Å². The van der Waals surface area contributed by atoms with Gasteiger partial charge in [0.05, 0.1) is 6.54 Å². The van der Waals surface area contributed by atoms with Crippen LogP contribution in [-0.2, 0) is 4.79 Å². The van der Waals surface area contributed by atoms with Crippen LogP contribution in [0.3, 0.4) is 0 Å². The fourth-order valence-corrected chi connectivity index (χ4v) is 1.37. The molecule has 13 heavy (non-hydrogen) atoms. The van der Waals surface area contributed by atoms with Gasteiger partial charge in [0, 0.05) is 12.3 Å². The van der Waals surface area contributed by atoms with Crippen LogP contribution in [0.4, 0.5) is 0 Å². The van der Waals surface area contributed by atoms with E-state index >= 15 is 0 Å². The monoisotopic (exact) mass is 202 g/mol. The van der Waals surface area contributed by atoms with Gasteiger partial charge < -0.3 is 10.6 Å². The second-order valence-electron chi connectivity index (χ2n) is 3.42. The van der Waals surface area contributed by atoms with Gasteiger partial charge in [0.25, 0.3) is 0 Å². The summed E-state index contributed by atoms with van der Waals surface area (Å²) in [5.41, 5.74) is 0. The van der Waals surface area contributed by atoms with Gasteiger partial charge in [0.15, 0.2) is 0 Å². The predicted octanol–water partition coefficient (Wildman–Crippen LogP) is 0.465. The second-order valence-corrected chi connectivity index (χ2v) is 4.40. The Labute approximate surface area is 84.0 Å². The zero-order valence-electron chi connectivity index (χ0n) is 8.14. The van der Waals surface area contributed by atoms with Crippen LogP contribution < -0.4 is 10.6 Å². The fraction of sp³-hybridized carbons (Fsp3) is 0.889. The lowest BCUT2D eigenvalue weighted by molar-refractivity contribution is -0.120. The van der Waals surface area contributed by atoms with E-state index in [1.54, 1.807) is 11.8 Å². The molecule has 1 aliphatic rings.